The quantitative estimate of drug-likeness (QED) is 0.831. The van der Waals surface area contributed by atoms with E-state index >= 15 is 0 Å². The van der Waals surface area contributed by atoms with Crippen molar-refractivity contribution in [3.05, 3.63) is 24.0 Å². The van der Waals surface area contributed by atoms with E-state index in [9.17, 15) is 13.9 Å². The molecule has 0 radical (unpaired) electrons. The Morgan fingerprint density at radius 1 is 1.26 bits per heavy atom. The molecule has 2 saturated carbocycles. The first kappa shape index (κ1) is 18.1. The molecule has 0 aliphatic heterocycles. The Morgan fingerprint density at radius 2 is 2.00 bits per heavy atom. The zero-order valence-corrected chi connectivity index (χ0v) is 15.1. The Kier molecular flexibility index (Phi) is 4.71. The van der Waals surface area contributed by atoms with Gasteiger partial charge in [-0.15, -0.1) is 0 Å². The highest BCUT2D eigenvalue weighted by Crippen LogP contribution is 2.34. The number of rotatable bonds is 5. The van der Waals surface area contributed by atoms with Crippen LogP contribution in [-0.4, -0.2) is 49.0 Å². The molecule has 27 heavy (non-hydrogen) atoms. The molecule has 9 heteroatoms. The summed E-state index contributed by atoms with van der Waals surface area (Å²) in [7, 11) is 0. The van der Waals surface area contributed by atoms with Gasteiger partial charge in [0.05, 0.1) is 11.8 Å². The van der Waals surface area contributed by atoms with Crippen LogP contribution in [-0.2, 0) is 0 Å². The van der Waals surface area contributed by atoms with Gasteiger partial charge in [-0.2, -0.15) is 15.1 Å². The summed E-state index contributed by atoms with van der Waals surface area (Å²) >= 11 is 0. The molecule has 7 nitrogen and oxygen atoms in total. The second kappa shape index (κ2) is 7.03. The fourth-order valence-corrected chi connectivity index (χ4v) is 3.37. The van der Waals surface area contributed by atoms with E-state index in [1.54, 1.807) is 16.9 Å². The second-order valence-corrected chi connectivity index (χ2v) is 7.43. The van der Waals surface area contributed by atoms with E-state index in [2.05, 4.69) is 20.4 Å². The highest BCUT2D eigenvalue weighted by molar-refractivity contribution is 5.42. The Morgan fingerprint density at radius 3 is 2.63 bits per heavy atom. The lowest BCUT2D eigenvalue weighted by Gasteiger charge is -2.31. The van der Waals surface area contributed by atoms with Crippen LogP contribution in [0.2, 0.25) is 0 Å². The fourth-order valence-electron chi connectivity index (χ4n) is 3.37. The number of nitrogens with one attached hydrogen (secondary N) is 1. The van der Waals surface area contributed by atoms with Crippen LogP contribution in [0.3, 0.4) is 0 Å². The lowest BCUT2D eigenvalue weighted by molar-refractivity contribution is -0.0361. The number of hydrogen-bond acceptors (Lipinski definition) is 6. The number of aromatic nitrogens is 4. The van der Waals surface area contributed by atoms with Crippen LogP contribution in [0.5, 0.6) is 5.88 Å². The Labute approximate surface area is 155 Å². The lowest BCUT2D eigenvalue weighted by Crippen LogP contribution is -2.37. The highest BCUT2D eigenvalue weighted by atomic mass is 19.3. The normalized spacial score (nSPS) is 25.0. The number of nitrogens with zero attached hydrogens (tertiary/aromatic N) is 4. The smallest absolute Gasteiger partial charge is 0.255 e. The van der Waals surface area contributed by atoms with Gasteiger partial charge in [0.2, 0.25) is 11.8 Å². The Hall–Kier alpha value is -2.29. The van der Waals surface area contributed by atoms with Crippen molar-refractivity contribution in [1.82, 2.24) is 19.7 Å². The number of alkyl halides is 2. The molecule has 146 valence electrons. The highest BCUT2D eigenvalue weighted by Gasteiger charge is 2.35. The van der Waals surface area contributed by atoms with Crippen molar-refractivity contribution < 1.29 is 18.6 Å². The average molecular weight is 379 g/mol. The van der Waals surface area contributed by atoms with Crippen molar-refractivity contribution in [3.8, 4) is 11.8 Å². The SMILES string of the molecule is Cc1ccn(-c2nc(NC3CCC(F)(F)CC3)cc(OC3CC(O)C3)n2)n1. The maximum Gasteiger partial charge on any atom is 0.255 e. The number of ether oxygens (including phenoxy) is 1. The van der Waals surface area contributed by atoms with E-state index in [1.807, 2.05) is 13.0 Å². The summed E-state index contributed by atoms with van der Waals surface area (Å²) in [5, 5.41) is 17.0. The zero-order chi connectivity index (χ0) is 19.0. The van der Waals surface area contributed by atoms with E-state index in [0.29, 0.717) is 43.3 Å². The van der Waals surface area contributed by atoms with Crippen LogP contribution in [0.4, 0.5) is 14.6 Å². The van der Waals surface area contributed by atoms with Gasteiger partial charge in [0.15, 0.2) is 0 Å². The lowest BCUT2D eigenvalue weighted by atomic mass is 9.92. The van der Waals surface area contributed by atoms with Crippen LogP contribution in [0, 0.1) is 6.92 Å². The van der Waals surface area contributed by atoms with E-state index < -0.39 is 5.92 Å². The van der Waals surface area contributed by atoms with E-state index in [1.165, 1.54) is 0 Å². The summed E-state index contributed by atoms with van der Waals surface area (Å²) in [5.74, 6) is -1.31. The third-order valence-electron chi connectivity index (χ3n) is 5.04. The van der Waals surface area contributed by atoms with E-state index in [4.69, 9.17) is 4.74 Å². The van der Waals surface area contributed by atoms with Gasteiger partial charge >= 0.3 is 0 Å². The minimum atomic E-state index is -2.57. The van der Waals surface area contributed by atoms with Crippen molar-refractivity contribution in [2.75, 3.05) is 5.32 Å². The predicted molar refractivity (Wildman–Crippen MR) is 94.4 cm³/mol. The molecule has 0 aromatic carbocycles. The second-order valence-electron chi connectivity index (χ2n) is 7.43. The standard InChI is InChI=1S/C18H23F2N5O2/c1-11-4-7-25(24-11)17-22-15(21-12-2-5-18(19,20)6-3-12)10-16(23-17)27-14-8-13(26)9-14/h4,7,10,12-14,26H,2-3,5-6,8-9H2,1H3,(H,21,22,23). The molecule has 0 atom stereocenters. The van der Waals surface area contributed by atoms with E-state index in [0.717, 1.165) is 5.69 Å². The van der Waals surface area contributed by atoms with E-state index in [-0.39, 0.29) is 31.1 Å². The van der Waals surface area contributed by atoms with Crippen molar-refractivity contribution in [1.29, 1.82) is 0 Å². The molecule has 2 N–H and O–H groups in total. The first-order valence-corrected chi connectivity index (χ1v) is 9.27. The summed E-state index contributed by atoms with van der Waals surface area (Å²) in [6.07, 6.45) is 3.02. The average Bonchev–Trinajstić information content (AvgIpc) is 3.02. The van der Waals surface area contributed by atoms with Crippen molar-refractivity contribution in [2.24, 2.45) is 0 Å². The minimum Gasteiger partial charge on any atom is -0.474 e. The van der Waals surface area contributed by atoms with Gasteiger partial charge in [-0.3, -0.25) is 0 Å². The Balaban J connectivity index is 1.54. The zero-order valence-electron chi connectivity index (χ0n) is 15.1. The molecule has 0 amide bonds. The van der Waals surface area contributed by atoms with Gasteiger partial charge in [0, 0.05) is 44.0 Å². The first-order valence-electron chi connectivity index (χ1n) is 9.27. The molecule has 0 unspecified atom stereocenters. The van der Waals surface area contributed by atoms with Gasteiger partial charge in [-0.05, 0) is 25.8 Å². The van der Waals surface area contributed by atoms with Gasteiger partial charge in [0.25, 0.3) is 5.95 Å². The molecule has 0 spiro atoms. The van der Waals surface area contributed by atoms with Crippen LogP contribution >= 0.6 is 0 Å². The van der Waals surface area contributed by atoms with Crippen molar-refractivity contribution >= 4 is 5.82 Å². The Bertz CT molecular complexity index is 797. The molecular weight excluding hydrogens is 356 g/mol. The van der Waals surface area contributed by atoms with Crippen LogP contribution < -0.4 is 10.1 Å². The van der Waals surface area contributed by atoms with Gasteiger partial charge in [-0.1, -0.05) is 0 Å². The topological polar surface area (TPSA) is 85.1 Å². The first-order chi connectivity index (χ1) is 12.9. The van der Waals surface area contributed by atoms with Crippen LogP contribution in [0.15, 0.2) is 18.3 Å². The molecular formula is C18H23F2N5O2. The molecule has 2 fully saturated rings. The van der Waals surface area contributed by atoms with Crippen LogP contribution in [0.1, 0.15) is 44.2 Å². The van der Waals surface area contributed by atoms with Crippen molar-refractivity contribution in [2.45, 2.75) is 69.6 Å². The van der Waals surface area contributed by atoms with Crippen LogP contribution in [0.25, 0.3) is 5.95 Å². The number of aryl methyl sites for hydroxylation is 1. The molecule has 2 aromatic heterocycles. The maximum atomic E-state index is 13.4. The summed E-state index contributed by atoms with van der Waals surface area (Å²) < 4.78 is 34.2. The van der Waals surface area contributed by atoms with Gasteiger partial charge in [0.1, 0.15) is 11.9 Å². The molecule has 2 aromatic rings. The number of halogens is 2. The minimum absolute atomic E-state index is 0.0647. The largest absolute Gasteiger partial charge is 0.474 e. The summed E-state index contributed by atoms with van der Waals surface area (Å²) in [4.78, 5) is 8.88. The molecule has 4 rings (SSSR count). The number of aliphatic hydroxyl groups excluding tert-OH is 1. The summed E-state index contributed by atoms with van der Waals surface area (Å²) in [5.41, 5.74) is 0.830. The molecule has 0 saturated heterocycles. The van der Waals surface area contributed by atoms with Gasteiger partial charge in [-0.25, -0.2) is 13.5 Å². The third kappa shape index (κ3) is 4.35. The maximum absolute atomic E-state index is 13.4. The summed E-state index contributed by atoms with van der Waals surface area (Å²) in [6.45, 7) is 1.87. The monoisotopic (exact) mass is 379 g/mol. The third-order valence-corrected chi connectivity index (χ3v) is 5.04. The fraction of sp³-hybridized carbons (Fsp3) is 0.611. The number of aliphatic hydroxyl groups is 1. The molecule has 2 aliphatic carbocycles. The van der Waals surface area contributed by atoms with Crippen molar-refractivity contribution in [3.63, 3.8) is 0 Å². The molecule has 2 aliphatic rings. The number of anilines is 1. The van der Waals surface area contributed by atoms with Gasteiger partial charge < -0.3 is 15.2 Å². The molecule has 0 bridgehead atoms. The predicted octanol–water partition coefficient (Wildman–Crippen LogP) is 2.86. The molecule has 2 heterocycles. The number of hydrogen-bond donors (Lipinski definition) is 2. The summed E-state index contributed by atoms with van der Waals surface area (Å²) in [6, 6.07) is 3.46.